The SMILES string of the molecule is CNC(=O)c1ccc(Cl)c(NC(=O)CCc2ccc(-c3ccccc3)o2)c1. The van der Waals surface area contributed by atoms with Crippen molar-refractivity contribution in [2.45, 2.75) is 12.8 Å². The second kappa shape index (κ2) is 8.56. The first kappa shape index (κ1) is 18.7. The number of aryl methyl sites for hydroxylation is 1. The highest BCUT2D eigenvalue weighted by Crippen LogP contribution is 2.24. The molecule has 0 atom stereocenters. The Bertz CT molecular complexity index is 951. The number of carbonyl (C=O) groups excluding carboxylic acids is 2. The van der Waals surface area contributed by atoms with Crippen LogP contribution in [0.15, 0.2) is 65.1 Å². The van der Waals surface area contributed by atoms with Crippen molar-refractivity contribution in [3.8, 4) is 11.3 Å². The molecule has 0 aliphatic carbocycles. The number of rotatable bonds is 6. The number of amides is 2. The lowest BCUT2D eigenvalue weighted by atomic mass is 10.1. The van der Waals surface area contributed by atoms with Crippen LogP contribution >= 0.6 is 11.6 Å². The summed E-state index contributed by atoms with van der Waals surface area (Å²) in [6, 6.07) is 18.3. The monoisotopic (exact) mass is 382 g/mol. The van der Waals surface area contributed by atoms with E-state index >= 15 is 0 Å². The van der Waals surface area contributed by atoms with E-state index in [9.17, 15) is 9.59 Å². The Morgan fingerprint density at radius 2 is 1.81 bits per heavy atom. The van der Waals surface area contributed by atoms with Crippen molar-refractivity contribution in [3.05, 3.63) is 77.0 Å². The van der Waals surface area contributed by atoms with Crippen LogP contribution in [0.4, 0.5) is 5.69 Å². The summed E-state index contributed by atoms with van der Waals surface area (Å²) in [6.45, 7) is 0. The predicted molar refractivity (Wildman–Crippen MR) is 106 cm³/mol. The maximum Gasteiger partial charge on any atom is 0.251 e. The van der Waals surface area contributed by atoms with Crippen LogP contribution in [-0.2, 0) is 11.2 Å². The third-order valence-corrected chi connectivity index (χ3v) is 4.38. The minimum Gasteiger partial charge on any atom is -0.461 e. The maximum absolute atomic E-state index is 12.3. The molecule has 1 aromatic heterocycles. The zero-order valence-corrected chi connectivity index (χ0v) is 15.5. The van der Waals surface area contributed by atoms with Crippen LogP contribution in [0.3, 0.4) is 0 Å². The second-order valence-corrected chi connectivity index (χ2v) is 6.36. The molecule has 0 bridgehead atoms. The standard InChI is InChI=1S/C21H19ClN2O3/c1-23-21(26)15-7-10-17(22)18(13-15)24-20(25)12-9-16-8-11-19(27-16)14-5-3-2-4-6-14/h2-8,10-11,13H,9,12H2,1H3,(H,23,26)(H,24,25). The van der Waals surface area contributed by atoms with Gasteiger partial charge in [0.05, 0.1) is 10.7 Å². The van der Waals surface area contributed by atoms with Crippen molar-refractivity contribution in [1.29, 1.82) is 0 Å². The summed E-state index contributed by atoms with van der Waals surface area (Å²) in [5, 5.41) is 5.66. The summed E-state index contributed by atoms with van der Waals surface area (Å²) in [4.78, 5) is 24.0. The number of anilines is 1. The normalized spacial score (nSPS) is 10.4. The highest BCUT2D eigenvalue weighted by molar-refractivity contribution is 6.33. The lowest BCUT2D eigenvalue weighted by molar-refractivity contribution is -0.116. The van der Waals surface area contributed by atoms with E-state index in [0.717, 1.165) is 17.1 Å². The van der Waals surface area contributed by atoms with E-state index in [2.05, 4.69) is 10.6 Å². The molecule has 0 unspecified atom stereocenters. The van der Waals surface area contributed by atoms with Gasteiger partial charge in [-0.25, -0.2) is 0 Å². The van der Waals surface area contributed by atoms with Crippen LogP contribution in [0.1, 0.15) is 22.5 Å². The fourth-order valence-electron chi connectivity index (χ4n) is 2.63. The Balaban J connectivity index is 1.61. The molecule has 0 aliphatic rings. The molecule has 6 heteroatoms. The van der Waals surface area contributed by atoms with Gasteiger partial charge >= 0.3 is 0 Å². The molecule has 27 heavy (non-hydrogen) atoms. The van der Waals surface area contributed by atoms with Gasteiger partial charge in [0.15, 0.2) is 0 Å². The van der Waals surface area contributed by atoms with E-state index in [1.807, 2.05) is 42.5 Å². The van der Waals surface area contributed by atoms with Gasteiger partial charge in [0.1, 0.15) is 11.5 Å². The molecule has 5 nitrogen and oxygen atoms in total. The van der Waals surface area contributed by atoms with Gasteiger partial charge in [-0.2, -0.15) is 0 Å². The summed E-state index contributed by atoms with van der Waals surface area (Å²) in [5.74, 6) is 1.05. The van der Waals surface area contributed by atoms with Gasteiger partial charge in [-0.3, -0.25) is 9.59 Å². The molecule has 0 saturated carbocycles. The highest BCUT2D eigenvalue weighted by Gasteiger charge is 2.12. The number of halogens is 1. The average molecular weight is 383 g/mol. The zero-order chi connectivity index (χ0) is 19.2. The average Bonchev–Trinajstić information content (AvgIpc) is 3.17. The fourth-order valence-corrected chi connectivity index (χ4v) is 2.79. The van der Waals surface area contributed by atoms with E-state index in [-0.39, 0.29) is 18.2 Å². The van der Waals surface area contributed by atoms with Crippen LogP contribution in [-0.4, -0.2) is 18.9 Å². The summed E-state index contributed by atoms with van der Waals surface area (Å²) < 4.78 is 5.80. The number of nitrogens with one attached hydrogen (secondary N) is 2. The predicted octanol–water partition coefficient (Wildman–Crippen LogP) is 4.53. The Morgan fingerprint density at radius 3 is 2.56 bits per heavy atom. The van der Waals surface area contributed by atoms with Crippen molar-refractivity contribution in [1.82, 2.24) is 5.32 Å². The number of benzene rings is 2. The summed E-state index contributed by atoms with van der Waals surface area (Å²) in [5.41, 5.74) is 1.83. The number of furan rings is 1. The molecule has 138 valence electrons. The minimum atomic E-state index is -0.244. The number of hydrogen-bond donors (Lipinski definition) is 2. The fraction of sp³-hybridized carbons (Fsp3) is 0.143. The smallest absolute Gasteiger partial charge is 0.251 e. The molecular weight excluding hydrogens is 364 g/mol. The second-order valence-electron chi connectivity index (χ2n) is 5.95. The van der Waals surface area contributed by atoms with Crippen LogP contribution in [0.5, 0.6) is 0 Å². The summed E-state index contributed by atoms with van der Waals surface area (Å²) in [7, 11) is 1.54. The van der Waals surface area contributed by atoms with Gasteiger partial charge in [-0.1, -0.05) is 41.9 Å². The molecule has 3 aromatic rings. The van der Waals surface area contributed by atoms with Crippen LogP contribution < -0.4 is 10.6 Å². The molecule has 0 fully saturated rings. The third kappa shape index (κ3) is 4.77. The van der Waals surface area contributed by atoms with E-state index in [0.29, 0.717) is 22.7 Å². The van der Waals surface area contributed by atoms with E-state index < -0.39 is 0 Å². The molecule has 0 saturated heterocycles. The minimum absolute atomic E-state index is 0.205. The van der Waals surface area contributed by atoms with E-state index in [1.54, 1.807) is 25.2 Å². The van der Waals surface area contributed by atoms with Gasteiger partial charge in [-0.05, 0) is 30.3 Å². The van der Waals surface area contributed by atoms with Crippen molar-refractivity contribution in [3.63, 3.8) is 0 Å². The zero-order valence-electron chi connectivity index (χ0n) is 14.8. The molecule has 3 rings (SSSR count). The largest absolute Gasteiger partial charge is 0.461 e. The van der Waals surface area contributed by atoms with Crippen LogP contribution in [0, 0.1) is 0 Å². The molecule has 0 aliphatic heterocycles. The van der Waals surface area contributed by atoms with Gasteiger partial charge in [-0.15, -0.1) is 0 Å². The molecule has 0 spiro atoms. The lowest BCUT2D eigenvalue weighted by Gasteiger charge is -2.09. The molecule has 2 N–H and O–H groups in total. The Kier molecular flexibility index (Phi) is 5.94. The molecule has 2 aromatic carbocycles. The van der Waals surface area contributed by atoms with E-state index in [1.165, 1.54) is 0 Å². The van der Waals surface area contributed by atoms with Crippen LogP contribution in [0.2, 0.25) is 5.02 Å². The Hall–Kier alpha value is -3.05. The van der Waals surface area contributed by atoms with Crippen molar-refractivity contribution in [2.24, 2.45) is 0 Å². The molecular formula is C21H19ClN2O3. The Morgan fingerprint density at radius 1 is 1.04 bits per heavy atom. The summed E-state index contributed by atoms with van der Waals surface area (Å²) in [6.07, 6.45) is 0.702. The molecule has 2 amide bonds. The van der Waals surface area contributed by atoms with Gasteiger partial charge in [0, 0.05) is 31.0 Å². The van der Waals surface area contributed by atoms with Crippen molar-refractivity contribution in [2.75, 3.05) is 12.4 Å². The number of carbonyl (C=O) groups is 2. The Labute approximate surface area is 162 Å². The molecule has 1 heterocycles. The first-order chi connectivity index (χ1) is 13.1. The van der Waals surface area contributed by atoms with Gasteiger partial charge < -0.3 is 15.1 Å². The van der Waals surface area contributed by atoms with Crippen molar-refractivity contribution < 1.29 is 14.0 Å². The first-order valence-electron chi connectivity index (χ1n) is 8.52. The van der Waals surface area contributed by atoms with Crippen molar-refractivity contribution >= 4 is 29.1 Å². The topological polar surface area (TPSA) is 71.3 Å². The quantitative estimate of drug-likeness (QED) is 0.657. The lowest BCUT2D eigenvalue weighted by Crippen LogP contribution is -2.18. The van der Waals surface area contributed by atoms with E-state index in [4.69, 9.17) is 16.0 Å². The number of hydrogen-bond acceptors (Lipinski definition) is 3. The van der Waals surface area contributed by atoms with Crippen LogP contribution in [0.25, 0.3) is 11.3 Å². The highest BCUT2D eigenvalue weighted by atomic mass is 35.5. The first-order valence-corrected chi connectivity index (χ1v) is 8.90. The van der Waals surface area contributed by atoms with Gasteiger partial charge in [0.25, 0.3) is 5.91 Å². The van der Waals surface area contributed by atoms with Gasteiger partial charge in [0.2, 0.25) is 5.91 Å². The maximum atomic E-state index is 12.3. The third-order valence-electron chi connectivity index (χ3n) is 4.05. The summed E-state index contributed by atoms with van der Waals surface area (Å²) >= 11 is 6.11. The molecule has 0 radical (unpaired) electrons.